The number of β-amino-alcohol motifs (C(OH)–C–C–N with tert-alkyl or cyclic N) is 1. The van der Waals surface area contributed by atoms with E-state index in [1.54, 1.807) is 29.2 Å². The van der Waals surface area contributed by atoms with Crippen LogP contribution in [-0.2, 0) is 20.8 Å². The van der Waals surface area contributed by atoms with Gasteiger partial charge in [0.05, 0.1) is 37.9 Å². The fourth-order valence-electron chi connectivity index (χ4n) is 4.45. The van der Waals surface area contributed by atoms with Gasteiger partial charge in [0.25, 0.3) is 5.91 Å². The predicted molar refractivity (Wildman–Crippen MR) is 119 cm³/mol. The molecule has 176 valence electrons. The first-order chi connectivity index (χ1) is 16.0. The fourth-order valence-corrected chi connectivity index (χ4v) is 4.45. The van der Waals surface area contributed by atoms with Crippen molar-refractivity contribution in [3.63, 3.8) is 0 Å². The normalized spacial score (nSPS) is 25.5. The molecular weight excluding hydrogens is 427 g/mol. The van der Waals surface area contributed by atoms with Crippen LogP contribution in [0.25, 0.3) is 0 Å². The van der Waals surface area contributed by atoms with Crippen LogP contribution in [0.5, 0.6) is 0 Å². The van der Waals surface area contributed by atoms with Crippen molar-refractivity contribution < 1.29 is 28.6 Å². The summed E-state index contributed by atoms with van der Waals surface area (Å²) in [5, 5.41) is 13.1. The molecule has 0 saturated carbocycles. The third kappa shape index (κ3) is 6.16. The van der Waals surface area contributed by atoms with E-state index in [9.17, 15) is 19.1 Å². The number of hydrogen-bond donors (Lipinski definition) is 2. The molecule has 2 fully saturated rings. The van der Waals surface area contributed by atoms with Crippen LogP contribution in [0.1, 0.15) is 35.2 Å². The van der Waals surface area contributed by atoms with Gasteiger partial charge >= 0.3 is 0 Å². The third-order valence-electron chi connectivity index (χ3n) is 6.05. The molecule has 0 radical (unpaired) electrons. The minimum absolute atomic E-state index is 0.115. The molecular formula is C25H29FN2O5. The molecule has 7 nitrogen and oxygen atoms in total. The summed E-state index contributed by atoms with van der Waals surface area (Å²) in [7, 11) is 0. The lowest BCUT2D eigenvalue weighted by Gasteiger charge is -2.44. The molecule has 0 bridgehead atoms. The van der Waals surface area contributed by atoms with Crippen LogP contribution < -0.4 is 5.32 Å². The highest BCUT2D eigenvalue weighted by Gasteiger charge is 2.40. The largest absolute Gasteiger partial charge is 0.389 e. The highest BCUT2D eigenvalue weighted by molar-refractivity contribution is 5.94. The Bertz CT molecular complexity index is 957. The maximum atomic E-state index is 13.3. The van der Waals surface area contributed by atoms with Crippen molar-refractivity contribution >= 4 is 11.8 Å². The van der Waals surface area contributed by atoms with E-state index >= 15 is 0 Å². The van der Waals surface area contributed by atoms with Crippen molar-refractivity contribution in [3.8, 4) is 0 Å². The Morgan fingerprint density at radius 1 is 1.09 bits per heavy atom. The number of amides is 2. The molecule has 2 aliphatic heterocycles. The van der Waals surface area contributed by atoms with Crippen LogP contribution in [0.3, 0.4) is 0 Å². The summed E-state index contributed by atoms with van der Waals surface area (Å²) in [5.74, 6) is -0.670. The summed E-state index contributed by atoms with van der Waals surface area (Å²) in [6.45, 7) is 0.762. The summed E-state index contributed by atoms with van der Waals surface area (Å²) in [4.78, 5) is 27.3. The SMILES string of the molecule is O=C(C[C@H]1CC[C@@H]2[C@H](COC[C@@H](O)CN2C(=O)c2ccccc2)O1)NCc1cccc(F)c1. The highest BCUT2D eigenvalue weighted by Crippen LogP contribution is 2.28. The lowest BCUT2D eigenvalue weighted by Crippen LogP contribution is -2.57. The molecule has 0 unspecified atom stereocenters. The van der Waals surface area contributed by atoms with Gasteiger partial charge in [-0.2, -0.15) is 0 Å². The van der Waals surface area contributed by atoms with Gasteiger partial charge in [0.1, 0.15) is 11.9 Å². The van der Waals surface area contributed by atoms with Crippen LogP contribution in [0.4, 0.5) is 4.39 Å². The zero-order chi connectivity index (χ0) is 23.2. The third-order valence-corrected chi connectivity index (χ3v) is 6.05. The Labute approximate surface area is 192 Å². The number of carbonyl (C=O) groups is 2. The Morgan fingerprint density at radius 2 is 1.91 bits per heavy atom. The Hall–Kier alpha value is -2.81. The van der Waals surface area contributed by atoms with E-state index in [0.717, 1.165) is 0 Å². The minimum atomic E-state index is -0.773. The number of ether oxygens (including phenoxy) is 2. The van der Waals surface area contributed by atoms with Gasteiger partial charge in [-0.15, -0.1) is 0 Å². The second kappa shape index (κ2) is 10.9. The van der Waals surface area contributed by atoms with E-state index in [1.165, 1.54) is 12.1 Å². The molecule has 0 aromatic heterocycles. The van der Waals surface area contributed by atoms with Crippen molar-refractivity contribution in [2.24, 2.45) is 0 Å². The number of aliphatic hydroxyl groups is 1. The van der Waals surface area contributed by atoms with E-state index < -0.39 is 6.10 Å². The molecule has 4 atom stereocenters. The molecule has 2 aromatic carbocycles. The predicted octanol–water partition coefficient (Wildman–Crippen LogP) is 2.28. The van der Waals surface area contributed by atoms with Crippen molar-refractivity contribution in [3.05, 3.63) is 71.5 Å². The molecule has 8 heteroatoms. The van der Waals surface area contributed by atoms with Crippen molar-refractivity contribution in [2.45, 2.75) is 50.2 Å². The summed E-state index contributed by atoms with van der Waals surface area (Å²) in [6.07, 6.45) is -0.0525. The van der Waals surface area contributed by atoms with E-state index in [4.69, 9.17) is 9.47 Å². The summed E-state index contributed by atoms with van der Waals surface area (Å²) in [5.41, 5.74) is 1.25. The molecule has 2 amide bonds. The zero-order valence-electron chi connectivity index (χ0n) is 18.4. The van der Waals surface area contributed by atoms with Gasteiger partial charge in [0.2, 0.25) is 5.91 Å². The van der Waals surface area contributed by atoms with Crippen molar-refractivity contribution in [1.29, 1.82) is 0 Å². The molecule has 2 heterocycles. The first-order valence-corrected chi connectivity index (χ1v) is 11.3. The molecule has 33 heavy (non-hydrogen) atoms. The molecule has 0 aliphatic carbocycles. The summed E-state index contributed by atoms with van der Waals surface area (Å²) >= 11 is 0. The first kappa shape index (κ1) is 23.4. The highest BCUT2D eigenvalue weighted by atomic mass is 19.1. The Kier molecular flexibility index (Phi) is 7.69. The topological polar surface area (TPSA) is 88.1 Å². The number of hydrogen-bond acceptors (Lipinski definition) is 5. The maximum Gasteiger partial charge on any atom is 0.254 e. The molecule has 2 saturated heterocycles. The summed E-state index contributed by atoms with van der Waals surface area (Å²) in [6, 6.07) is 14.8. The standard InChI is InChI=1S/C25H29FN2O5/c26-19-8-4-5-17(11-19)13-27-24(30)12-21-9-10-22-23(33-21)16-32-15-20(29)14-28(22)25(31)18-6-2-1-3-7-18/h1-8,11,20-23,29H,9-10,12-16H2,(H,27,30)/t20-,21+,22+,23-/m0/s1. The number of fused-ring (bicyclic) bond motifs is 1. The average molecular weight is 457 g/mol. The number of halogens is 1. The van der Waals surface area contributed by atoms with Gasteiger partial charge in [-0.3, -0.25) is 9.59 Å². The van der Waals surface area contributed by atoms with Gasteiger partial charge in [0, 0.05) is 18.7 Å². The lowest BCUT2D eigenvalue weighted by atomic mass is 9.94. The Morgan fingerprint density at radius 3 is 2.70 bits per heavy atom. The van der Waals surface area contributed by atoms with Gasteiger partial charge < -0.3 is 24.8 Å². The average Bonchev–Trinajstić information content (AvgIpc) is 2.81. The van der Waals surface area contributed by atoms with E-state index in [0.29, 0.717) is 24.0 Å². The zero-order valence-corrected chi connectivity index (χ0v) is 18.4. The molecule has 2 aliphatic rings. The van der Waals surface area contributed by atoms with Crippen LogP contribution in [0.15, 0.2) is 54.6 Å². The Balaban J connectivity index is 1.37. The molecule has 2 aromatic rings. The maximum absolute atomic E-state index is 13.3. The van der Waals surface area contributed by atoms with Gasteiger partial charge in [-0.25, -0.2) is 4.39 Å². The quantitative estimate of drug-likeness (QED) is 0.721. The molecule has 2 N–H and O–H groups in total. The number of benzene rings is 2. The number of nitrogens with one attached hydrogen (secondary N) is 1. The van der Waals surface area contributed by atoms with Crippen LogP contribution in [-0.4, -0.2) is 65.9 Å². The number of carbonyl (C=O) groups excluding carboxylic acids is 2. The van der Waals surface area contributed by atoms with Crippen LogP contribution in [0.2, 0.25) is 0 Å². The second-order valence-corrected chi connectivity index (χ2v) is 8.57. The second-order valence-electron chi connectivity index (χ2n) is 8.57. The monoisotopic (exact) mass is 456 g/mol. The van der Waals surface area contributed by atoms with Gasteiger partial charge in [0.15, 0.2) is 0 Å². The number of nitrogens with zero attached hydrogens (tertiary/aromatic N) is 1. The molecule has 4 rings (SSSR count). The first-order valence-electron chi connectivity index (χ1n) is 11.3. The van der Waals surface area contributed by atoms with Crippen LogP contribution in [0, 0.1) is 5.82 Å². The van der Waals surface area contributed by atoms with Gasteiger partial charge in [-0.05, 0) is 42.7 Å². The van der Waals surface area contributed by atoms with Gasteiger partial charge in [-0.1, -0.05) is 30.3 Å². The fraction of sp³-hybridized carbons (Fsp3) is 0.440. The summed E-state index contributed by atoms with van der Waals surface area (Å²) < 4.78 is 25.1. The number of rotatable bonds is 5. The van der Waals surface area contributed by atoms with Crippen molar-refractivity contribution in [2.75, 3.05) is 19.8 Å². The number of aliphatic hydroxyl groups excluding tert-OH is 1. The smallest absolute Gasteiger partial charge is 0.254 e. The minimum Gasteiger partial charge on any atom is -0.389 e. The molecule has 0 spiro atoms. The van der Waals surface area contributed by atoms with E-state index in [-0.39, 0.29) is 68.6 Å². The van der Waals surface area contributed by atoms with Crippen molar-refractivity contribution in [1.82, 2.24) is 10.2 Å². The van der Waals surface area contributed by atoms with E-state index in [1.807, 2.05) is 18.2 Å². The lowest BCUT2D eigenvalue weighted by molar-refractivity contribution is -0.151. The van der Waals surface area contributed by atoms with Crippen LogP contribution >= 0.6 is 0 Å². The van der Waals surface area contributed by atoms with E-state index in [2.05, 4.69) is 5.32 Å².